The van der Waals surface area contributed by atoms with E-state index in [2.05, 4.69) is 10.3 Å². The minimum atomic E-state index is -0.219. The number of amides is 2. The van der Waals surface area contributed by atoms with Crippen LogP contribution in [0.2, 0.25) is 5.02 Å². The van der Waals surface area contributed by atoms with E-state index in [1.807, 2.05) is 65.8 Å². The molecule has 3 aromatic rings. The first-order chi connectivity index (χ1) is 15.9. The lowest BCUT2D eigenvalue weighted by atomic mass is 9.90. The highest BCUT2D eigenvalue weighted by Crippen LogP contribution is 2.34. The number of carbonyl (C=O) groups excluding carboxylic acids is 2. The number of hydrogen-bond acceptors (Lipinski definition) is 6. The highest BCUT2D eigenvalue weighted by Gasteiger charge is 2.28. The van der Waals surface area contributed by atoms with E-state index in [-0.39, 0.29) is 24.3 Å². The lowest BCUT2D eigenvalue weighted by Crippen LogP contribution is -2.44. The van der Waals surface area contributed by atoms with E-state index in [9.17, 15) is 9.59 Å². The largest absolute Gasteiger partial charge is 0.347 e. The van der Waals surface area contributed by atoms with E-state index < -0.39 is 0 Å². The quantitative estimate of drug-likeness (QED) is 0.572. The van der Waals surface area contributed by atoms with Crippen molar-refractivity contribution in [1.29, 1.82) is 0 Å². The van der Waals surface area contributed by atoms with Crippen LogP contribution in [0.5, 0.6) is 0 Å². The third-order valence-electron chi connectivity index (χ3n) is 5.67. The zero-order valence-electron chi connectivity index (χ0n) is 18.6. The molecule has 1 aliphatic heterocycles. The highest BCUT2D eigenvalue weighted by molar-refractivity contribution is 7.12. The van der Waals surface area contributed by atoms with Crippen LogP contribution in [0.4, 0.5) is 5.95 Å². The predicted octanol–water partition coefficient (Wildman–Crippen LogP) is 4.06. The van der Waals surface area contributed by atoms with Gasteiger partial charge in [-0.1, -0.05) is 29.8 Å². The number of anilines is 1. The molecule has 1 fully saturated rings. The number of likely N-dealkylation sites (tertiary alicyclic amines) is 1. The van der Waals surface area contributed by atoms with Crippen LogP contribution in [0.25, 0.3) is 11.1 Å². The Hall–Kier alpha value is -2.97. The van der Waals surface area contributed by atoms with Crippen LogP contribution in [-0.2, 0) is 4.79 Å². The molecule has 1 atom stereocenters. The number of benzene rings is 1. The second-order valence-electron chi connectivity index (χ2n) is 8.21. The van der Waals surface area contributed by atoms with Crippen molar-refractivity contribution in [1.82, 2.24) is 20.2 Å². The molecule has 1 aliphatic rings. The lowest BCUT2D eigenvalue weighted by Gasteiger charge is -2.33. The van der Waals surface area contributed by atoms with Gasteiger partial charge in [-0.05, 0) is 42.0 Å². The van der Waals surface area contributed by atoms with E-state index in [1.165, 1.54) is 11.3 Å². The molecule has 1 aromatic carbocycles. The summed E-state index contributed by atoms with van der Waals surface area (Å²) < 4.78 is 0. The van der Waals surface area contributed by atoms with Crippen LogP contribution in [0, 0.1) is 0 Å². The summed E-state index contributed by atoms with van der Waals surface area (Å²) in [6.45, 7) is 1.21. The van der Waals surface area contributed by atoms with Crippen molar-refractivity contribution < 1.29 is 9.59 Å². The Morgan fingerprint density at radius 3 is 2.73 bits per heavy atom. The molecule has 0 bridgehead atoms. The summed E-state index contributed by atoms with van der Waals surface area (Å²) in [7, 11) is 3.82. The molecule has 4 rings (SSSR count). The average Bonchev–Trinajstić information content (AvgIpc) is 3.38. The summed E-state index contributed by atoms with van der Waals surface area (Å²) in [5, 5.41) is 5.25. The van der Waals surface area contributed by atoms with Gasteiger partial charge in [0.05, 0.1) is 17.1 Å². The highest BCUT2D eigenvalue weighted by atomic mass is 35.5. The van der Waals surface area contributed by atoms with Gasteiger partial charge in [-0.15, -0.1) is 11.3 Å². The molecule has 1 saturated heterocycles. The standard InChI is InChI=1S/C24H26ClN5O2S/c1-29(2)24-27-13-19(16-7-9-18(25)10-8-16)22(28-24)17-5-3-11-30(15-17)21(31)14-26-23(32)20-6-4-12-33-20/h4,6-10,12-13,17H,3,5,11,14-15H2,1-2H3,(H,26,32)/t17-/m1/s1. The summed E-state index contributed by atoms with van der Waals surface area (Å²) in [5.41, 5.74) is 2.87. The van der Waals surface area contributed by atoms with Gasteiger partial charge in [0.1, 0.15) is 0 Å². The maximum Gasteiger partial charge on any atom is 0.261 e. The van der Waals surface area contributed by atoms with E-state index in [0.717, 1.165) is 29.7 Å². The van der Waals surface area contributed by atoms with Crippen LogP contribution in [0.3, 0.4) is 0 Å². The molecule has 0 aliphatic carbocycles. The van der Waals surface area contributed by atoms with Crippen LogP contribution < -0.4 is 10.2 Å². The van der Waals surface area contributed by atoms with Gasteiger partial charge in [-0.25, -0.2) is 9.97 Å². The van der Waals surface area contributed by atoms with Gasteiger partial charge in [-0.2, -0.15) is 0 Å². The first-order valence-corrected chi connectivity index (χ1v) is 12.1. The number of thiophene rings is 1. The second kappa shape index (κ2) is 10.3. The fourth-order valence-electron chi connectivity index (χ4n) is 3.95. The maximum absolute atomic E-state index is 12.9. The number of halogens is 1. The number of carbonyl (C=O) groups is 2. The Labute approximate surface area is 202 Å². The molecule has 33 heavy (non-hydrogen) atoms. The SMILES string of the molecule is CN(C)c1ncc(-c2ccc(Cl)cc2)c([C@@H]2CCCN(C(=O)CNC(=O)c3cccs3)C2)n1. The van der Waals surface area contributed by atoms with Crippen molar-refractivity contribution in [3.8, 4) is 11.1 Å². The number of hydrogen-bond donors (Lipinski definition) is 1. The Morgan fingerprint density at radius 2 is 2.03 bits per heavy atom. The van der Waals surface area contributed by atoms with Crippen molar-refractivity contribution in [2.45, 2.75) is 18.8 Å². The van der Waals surface area contributed by atoms with E-state index in [0.29, 0.717) is 28.9 Å². The molecule has 1 N–H and O–H groups in total. The molecule has 0 radical (unpaired) electrons. The summed E-state index contributed by atoms with van der Waals surface area (Å²) in [6, 6.07) is 11.2. The first-order valence-electron chi connectivity index (χ1n) is 10.8. The molecule has 2 aromatic heterocycles. The fraction of sp³-hybridized carbons (Fsp3) is 0.333. The molecule has 3 heterocycles. The minimum Gasteiger partial charge on any atom is -0.347 e. The molecule has 9 heteroatoms. The van der Waals surface area contributed by atoms with Crippen molar-refractivity contribution in [2.24, 2.45) is 0 Å². The van der Waals surface area contributed by atoms with E-state index in [1.54, 1.807) is 6.07 Å². The average molecular weight is 484 g/mol. The summed E-state index contributed by atoms with van der Waals surface area (Å²) in [5.74, 6) is 0.403. The van der Waals surface area contributed by atoms with Crippen LogP contribution >= 0.6 is 22.9 Å². The number of nitrogens with zero attached hydrogens (tertiary/aromatic N) is 4. The van der Waals surface area contributed by atoms with Gasteiger partial charge in [0, 0.05) is 49.9 Å². The fourth-order valence-corrected chi connectivity index (χ4v) is 4.72. The molecule has 2 amide bonds. The molecule has 172 valence electrons. The minimum absolute atomic E-state index is 0.0137. The summed E-state index contributed by atoms with van der Waals surface area (Å²) in [6.07, 6.45) is 3.65. The van der Waals surface area contributed by atoms with Gasteiger partial charge >= 0.3 is 0 Å². The molecule has 0 spiro atoms. The Morgan fingerprint density at radius 1 is 1.24 bits per heavy atom. The molecular formula is C24H26ClN5O2S. The van der Waals surface area contributed by atoms with Gasteiger partial charge in [-0.3, -0.25) is 9.59 Å². The normalized spacial score (nSPS) is 15.8. The zero-order valence-corrected chi connectivity index (χ0v) is 20.2. The van der Waals surface area contributed by atoms with Crippen molar-refractivity contribution >= 4 is 40.7 Å². The monoisotopic (exact) mass is 483 g/mol. The van der Waals surface area contributed by atoms with Crippen molar-refractivity contribution in [3.05, 3.63) is 63.6 Å². The van der Waals surface area contributed by atoms with Gasteiger partial charge in [0.15, 0.2) is 0 Å². The topological polar surface area (TPSA) is 78.4 Å². The summed E-state index contributed by atoms with van der Waals surface area (Å²) in [4.78, 5) is 38.8. The molecular weight excluding hydrogens is 458 g/mol. The molecule has 0 saturated carbocycles. The lowest BCUT2D eigenvalue weighted by molar-refractivity contribution is -0.131. The van der Waals surface area contributed by atoms with Crippen molar-refractivity contribution in [3.63, 3.8) is 0 Å². The Kier molecular flexibility index (Phi) is 7.25. The molecule has 7 nitrogen and oxygen atoms in total. The summed E-state index contributed by atoms with van der Waals surface area (Å²) >= 11 is 7.44. The maximum atomic E-state index is 12.9. The number of piperidine rings is 1. The van der Waals surface area contributed by atoms with E-state index >= 15 is 0 Å². The van der Waals surface area contributed by atoms with Crippen LogP contribution in [0.1, 0.15) is 34.1 Å². The first kappa shape index (κ1) is 23.2. The number of nitrogens with one attached hydrogen (secondary N) is 1. The van der Waals surface area contributed by atoms with E-state index in [4.69, 9.17) is 16.6 Å². The van der Waals surface area contributed by atoms with Crippen LogP contribution in [0.15, 0.2) is 48.0 Å². The van der Waals surface area contributed by atoms with Crippen molar-refractivity contribution in [2.75, 3.05) is 38.6 Å². The third-order valence-corrected chi connectivity index (χ3v) is 6.79. The Bertz CT molecular complexity index is 1120. The smallest absolute Gasteiger partial charge is 0.261 e. The van der Waals surface area contributed by atoms with Crippen LogP contribution in [-0.4, -0.2) is 60.4 Å². The second-order valence-corrected chi connectivity index (χ2v) is 9.59. The Balaban J connectivity index is 1.52. The predicted molar refractivity (Wildman–Crippen MR) is 132 cm³/mol. The third kappa shape index (κ3) is 5.51. The van der Waals surface area contributed by atoms with Gasteiger partial charge in [0.2, 0.25) is 11.9 Å². The van der Waals surface area contributed by atoms with Gasteiger partial charge in [0.25, 0.3) is 5.91 Å². The number of rotatable bonds is 6. The zero-order chi connectivity index (χ0) is 23.4. The van der Waals surface area contributed by atoms with Gasteiger partial charge < -0.3 is 15.1 Å². The number of aromatic nitrogens is 2. The molecule has 0 unspecified atom stereocenters.